The number of carbonyl (C=O) groups excluding carboxylic acids is 1. The summed E-state index contributed by atoms with van der Waals surface area (Å²) in [6.45, 7) is 0. The maximum Gasteiger partial charge on any atom is 0.240 e. The lowest BCUT2D eigenvalue weighted by Gasteiger charge is -2.27. The molecule has 3 N–H and O–H groups in total. The topological polar surface area (TPSA) is 89.3 Å². The van der Waals surface area contributed by atoms with Gasteiger partial charge in [-0.15, -0.1) is 0 Å². The molecule has 2 rings (SSSR count). The van der Waals surface area contributed by atoms with Gasteiger partial charge in [0.15, 0.2) is 0 Å². The molecule has 21 heavy (non-hydrogen) atoms. The maximum absolute atomic E-state index is 12.3. The predicted octanol–water partition coefficient (Wildman–Crippen LogP) is 2.42. The molecule has 1 aromatic carbocycles. The quantitative estimate of drug-likeness (QED) is 0.820. The zero-order valence-electron chi connectivity index (χ0n) is 11.2. The van der Waals surface area contributed by atoms with Crippen molar-refractivity contribution in [1.29, 1.82) is 0 Å². The molecule has 0 heterocycles. The molecule has 5 nitrogen and oxygen atoms in total. The normalized spacial score (nSPS) is 23.0. The Hall–Kier alpha value is -0.630. The van der Waals surface area contributed by atoms with Crippen LogP contribution in [0.2, 0.25) is 5.02 Å². The van der Waals surface area contributed by atoms with Gasteiger partial charge < -0.3 is 5.73 Å². The average Bonchev–Trinajstić information content (AvgIpc) is 2.42. The van der Waals surface area contributed by atoms with Gasteiger partial charge in [-0.2, -0.15) is 0 Å². The molecular weight excluding hydrogens is 380 g/mol. The van der Waals surface area contributed by atoms with Crippen LogP contribution in [-0.2, 0) is 14.8 Å². The Labute approximate surface area is 137 Å². The number of halogens is 2. The van der Waals surface area contributed by atoms with Crippen molar-refractivity contribution in [3.05, 3.63) is 27.7 Å². The molecule has 0 saturated heterocycles. The molecule has 1 amide bonds. The fraction of sp³-hybridized carbons (Fsp3) is 0.462. The van der Waals surface area contributed by atoms with Crippen molar-refractivity contribution in [1.82, 2.24) is 4.72 Å². The van der Waals surface area contributed by atoms with Gasteiger partial charge in [0.25, 0.3) is 0 Å². The van der Waals surface area contributed by atoms with Gasteiger partial charge in [0.05, 0.1) is 9.92 Å². The van der Waals surface area contributed by atoms with Crippen LogP contribution in [0, 0.1) is 5.92 Å². The summed E-state index contributed by atoms with van der Waals surface area (Å²) in [6, 6.07) is 4.30. The van der Waals surface area contributed by atoms with Crippen molar-refractivity contribution in [2.45, 2.75) is 36.6 Å². The Bertz CT molecular complexity index is 643. The molecule has 0 radical (unpaired) electrons. The summed E-state index contributed by atoms with van der Waals surface area (Å²) in [6.07, 6.45) is 2.46. The maximum atomic E-state index is 12.3. The smallest absolute Gasteiger partial charge is 0.240 e. The molecule has 0 unspecified atom stereocenters. The van der Waals surface area contributed by atoms with E-state index in [9.17, 15) is 13.2 Å². The minimum atomic E-state index is -3.59. The minimum Gasteiger partial charge on any atom is -0.369 e. The average molecular weight is 396 g/mol. The third-order valence-corrected chi connectivity index (χ3v) is 6.38. The van der Waals surface area contributed by atoms with E-state index in [1.54, 1.807) is 0 Å². The van der Waals surface area contributed by atoms with E-state index in [-0.39, 0.29) is 22.8 Å². The van der Waals surface area contributed by atoms with Gasteiger partial charge in [0.1, 0.15) is 0 Å². The van der Waals surface area contributed by atoms with Crippen LogP contribution in [-0.4, -0.2) is 20.4 Å². The third kappa shape index (κ3) is 4.18. The van der Waals surface area contributed by atoms with Crippen LogP contribution in [0.4, 0.5) is 0 Å². The summed E-state index contributed by atoms with van der Waals surface area (Å²) in [4.78, 5) is 11.3. The van der Waals surface area contributed by atoms with Crippen molar-refractivity contribution in [3.63, 3.8) is 0 Å². The molecule has 1 aliphatic carbocycles. The number of primary amides is 1. The predicted molar refractivity (Wildman–Crippen MR) is 84.4 cm³/mol. The summed E-state index contributed by atoms with van der Waals surface area (Å²) in [5, 5.41) is 0.455. The van der Waals surface area contributed by atoms with Gasteiger partial charge in [0.2, 0.25) is 15.9 Å². The Balaban J connectivity index is 2.05. The highest BCUT2D eigenvalue weighted by atomic mass is 79.9. The van der Waals surface area contributed by atoms with Crippen LogP contribution >= 0.6 is 27.5 Å². The zero-order valence-corrected chi connectivity index (χ0v) is 14.3. The van der Waals surface area contributed by atoms with E-state index < -0.39 is 10.0 Å². The minimum absolute atomic E-state index is 0.143. The highest BCUT2D eigenvalue weighted by Crippen LogP contribution is 2.27. The lowest BCUT2D eigenvalue weighted by molar-refractivity contribution is -0.122. The number of carbonyl (C=O) groups is 1. The second-order valence-electron chi connectivity index (χ2n) is 5.15. The third-order valence-electron chi connectivity index (χ3n) is 3.65. The first-order valence-corrected chi connectivity index (χ1v) is 9.21. The van der Waals surface area contributed by atoms with E-state index in [4.69, 9.17) is 17.3 Å². The number of sulfonamides is 1. The highest BCUT2D eigenvalue weighted by molar-refractivity contribution is 9.10. The summed E-state index contributed by atoms with van der Waals surface area (Å²) < 4.78 is 27.8. The number of hydrogen-bond acceptors (Lipinski definition) is 3. The summed E-state index contributed by atoms with van der Waals surface area (Å²) in [5.41, 5.74) is 5.27. The summed E-state index contributed by atoms with van der Waals surface area (Å²) in [7, 11) is -3.59. The molecule has 116 valence electrons. The number of benzene rings is 1. The Morgan fingerprint density at radius 1 is 1.29 bits per heavy atom. The molecule has 1 aliphatic rings. The highest BCUT2D eigenvalue weighted by Gasteiger charge is 2.28. The van der Waals surface area contributed by atoms with E-state index in [0.717, 1.165) is 0 Å². The van der Waals surface area contributed by atoms with E-state index in [0.29, 0.717) is 35.2 Å². The van der Waals surface area contributed by atoms with Crippen LogP contribution in [0.3, 0.4) is 0 Å². The van der Waals surface area contributed by atoms with Crippen LogP contribution in [0.15, 0.2) is 27.6 Å². The van der Waals surface area contributed by atoms with E-state index in [2.05, 4.69) is 20.7 Å². The molecule has 0 spiro atoms. The molecule has 1 aromatic rings. The Kier molecular flexibility index (Phi) is 5.29. The van der Waals surface area contributed by atoms with Gasteiger partial charge in [0, 0.05) is 16.4 Å². The van der Waals surface area contributed by atoms with Gasteiger partial charge >= 0.3 is 0 Å². The number of rotatable bonds is 4. The zero-order chi connectivity index (χ0) is 15.6. The monoisotopic (exact) mass is 394 g/mol. The fourth-order valence-electron chi connectivity index (χ4n) is 2.43. The van der Waals surface area contributed by atoms with Crippen LogP contribution in [0.1, 0.15) is 25.7 Å². The lowest BCUT2D eigenvalue weighted by atomic mass is 9.86. The molecule has 0 bridgehead atoms. The van der Waals surface area contributed by atoms with E-state index >= 15 is 0 Å². The van der Waals surface area contributed by atoms with Gasteiger partial charge in [-0.1, -0.05) is 11.6 Å². The number of amides is 1. The lowest BCUT2D eigenvalue weighted by Crippen LogP contribution is -2.39. The number of nitrogens with two attached hydrogens (primary N) is 1. The standard InChI is InChI=1S/C13H16BrClN2O3S/c14-11-7-10(5-6-12(11)15)21(19,20)17-9-3-1-8(2-4-9)13(16)18/h5-9,17H,1-4H2,(H2,16,18). The van der Waals surface area contributed by atoms with Crippen molar-refractivity contribution in [2.24, 2.45) is 11.7 Å². The molecule has 0 aliphatic heterocycles. The molecule has 0 aromatic heterocycles. The molecule has 1 fully saturated rings. The van der Waals surface area contributed by atoms with E-state index in [1.165, 1.54) is 18.2 Å². The first-order valence-electron chi connectivity index (χ1n) is 6.56. The second kappa shape index (κ2) is 6.64. The van der Waals surface area contributed by atoms with Crippen LogP contribution in [0.5, 0.6) is 0 Å². The number of nitrogens with one attached hydrogen (secondary N) is 1. The fourth-order valence-corrected chi connectivity index (χ4v) is 4.41. The second-order valence-corrected chi connectivity index (χ2v) is 8.12. The van der Waals surface area contributed by atoms with Crippen LogP contribution in [0.25, 0.3) is 0 Å². The van der Waals surface area contributed by atoms with Gasteiger partial charge in [-0.25, -0.2) is 13.1 Å². The molecular formula is C13H16BrClN2O3S. The van der Waals surface area contributed by atoms with Gasteiger partial charge in [-0.05, 0) is 59.8 Å². The first kappa shape index (κ1) is 16.7. The SMILES string of the molecule is NC(=O)C1CCC(NS(=O)(=O)c2ccc(Cl)c(Br)c2)CC1. The Morgan fingerprint density at radius 2 is 1.90 bits per heavy atom. The summed E-state index contributed by atoms with van der Waals surface area (Å²) in [5.74, 6) is -0.451. The molecule has 1 saturated carbocycles. The Morgan fingerprint density at radius 3 is 2.43 bits per heavy atom. The van der Waals surface area contributed by atoms with Gasteiger partial charge in [-0.3, -0.25) is 4.79 Å². The van der Waals surface area contributed by atoms with E-state index in [1.807, 2.05) is 0 Å². The van der Waals surface area contributed by atoms with Crippen molar-refractivity contribution in [2.75, 3.05) is 0 Å². The molecule has 0 atom stereocenters. The summed E-state index contributed by atoms with van der Waals surface area (Å²) >= 11 is 9.07. The van der Waals surface area contributed by atoms with Crippen molar-refractivity contribution in [3.8, 4) is 0 Å². The molecule has 8 heteroatoms. The van der Waals surface area contributed by atoms with Crippen molar-refractivity contribution >= 4 is 43.5 Å². The van der Waals surface area contributed by atoms with Crippen molar-refractivity contribution < 1.29 is 13.2 Å². The first-order chi connectivity index (χ1) is 9.79. The number of hydrogen-bond donors (Lipinski definition) is 2. The largest absolute Gasteiger partial charge is 0.369 e. The van der Waals surface area contributed by atoms with Crippen LogP contribution < -0.4 is 10.5 Å².